The Kier molecular flexibility index (Phi) is 4.71. The van der Waals surface area contributed by atoms with E-state index in [4.69, 9.17) is 17.3 Å². The number of allylic oxidation sites excluding steroid dienone is 1. The highest BCUT2D eigenvalue weighted by Gasteiger charge is 2.23. The number of amides is 1. The lowest BCUT2D eigenvalue weighted by Gasteiger charge is -2.07. The predicted molar refractivity (Wildman–Crippen MR) is 112 cm³/mol. The van der Waals surface area contributed by atoms with Gasteiger partial charge in [0.15, 0.2) is 5.65 Å². The summed E-state index contributed by atoms with van der Waals surface area (Å²) in [7, 11) is 0. The van der Waals surface area contributed by atoms with Crippen LogP contribution >= 0.6 is 11.6 Å². The molecule has 2 heterocycles. The summed E-state index contributed by atoms with van der Waals surface area (Å²) in [5.41, 5.74) is 9.90. The fourth-order valence-electron chi connectivity index (χ4n) is 3.16. The normalized spacial score (nSPS) is 11.0. The van der Waals surface area contributed by atoms with Crippen molar-refractivity contribution in [2.75, 3.05) is 5.73 Å². The van der Waals surface area contributed by atoms with Crippen molar-refractivity contribution in [2.45, 2.75) is 13.1 Å². The van der Waals surface area contributed by atoms with E-state index in [-0.39, 0.29) is 12.5 Å². The Labute approximate surface area is 166 Å². The molecule has 0 unspecified atom stereocenters. The summed E-state index contributed by atoms with van der Waals surface area (Å²) in [6.07, 6.45) is 1.71. The molecule has 1 amide bonds. The maximum absolute atomic E-state index is 13.0. The molecule has 0 aliphatic rings. The summed E-state index contributed by atoms with van der Waals surface area (Å²) in [6.45, 7) is 4.47. The molecule has 3 N–H and O–H groups in total. The highest BCUT2D eigenvalue weighted by molar-refractivity contribution is 6.31. The number of rotatable bonds is 5. The largest absolute Gasteiger partial charge is 0.384 e. The minimum atomic E-state index is -0.324. The van der Waals surface area contributed by atoms with Crippen molar-refractivity contribution < 1.29 is 4.79 Å². The fraction of sp³-hybridized carbons (Fsp3) is 0.0952. The number of carbonyl (C=O) groups excluding carboxylic acids is 1. The molecule has 2 aromatic carbocycles. The summed E-state index contributed by atoms with van der Waals surface area (Å²) in [6, 6.07) is 14.9. The number of fused-ring (bicyclic) bond motifs is 2. The molecule has 0 aliphatic carbocycles. The number of halogens is 1. The van der Waals surface area contributed by atoms with Gasteiger partial charge in [0.2, 0.25) is 0 Å². The summed E-state index contributed by atoms with van der Waals surface area (Å²) < 4.78 is 1.74. The van der Waals surface area contributed by atoms with Crippen LogP contribution in [0.15, 0.2) is 61.2 Å². The third-order valence-corrected chi connectivity index (χ3v) is 4.90. The van der Waals surface area contributed by atoms with Crippen molar-refractivity contribution in [1.82, 2.24) is 19.9 Å². The molecular weight excluding hydrogens is 374 g/mol. The van der Waals surface area contributed by atoms with Crippen LogP contribution in [0.5, 0.6) is 0 Å². The zero-order valence-electron chi connectivity index (χ0n) is 15.0. The van der Waals surface area contributed by atoms with E-state index < -0.39 is 0 Å². The van der Waals surface area contributed by atoms with Crippen molar-refractivity contribution >= 4 is 45.5 Å². The number of para-hydroxylation sites is 2. The van der Waals surface area contributed by atoms with Crippen molar-refractivity contribution in [3.63, 3.8) is 0 Å². The monoisotopic (exact) mass is 391 g/mol. The Bertz CT molecular complexity index is 1210. The average molecular weight is 392 g/mol. The van der Waals surface area contributed by atoms with Crippen molar-refractivity contribution in [3.05, 3.63) is 77.3 Å². The number of anilines is 1. The van der Waals surface area contributed by atoms with Gasteiger partial charge in [-0.15, -0.1) is 6.58 Å². The molecule has 4 rings (SSSR count). The highest BCUT2D eigenvalue weighted by Crippen LogP contribution is 2.28. The molecule has 28 heavy (non-hydrogen) atoms. The topological polar surface area (TPSA) is 85.8 Å². The second kappa shape index (κ2) is 7.32. The molecule has 0 saturated carbocycles. The van der Waals surface area contributed by atoms with Crippen LogP contribution in [0.2, 0.25) is 5.02 Å². The predicted octanol–water partition coefficient (Wildman–Crippen LogP) is 3.94. The van der Waals surface area contributed by atoms with Gasteiger partial charge in [-0.05, 0) is 23.8 Å². The van der Waals surface area contributed by atoms with Crippen LogP contribution in [-0.4, -0.2) is 20.4 Å². The average Bonchev–Trinajstić information content (AvgIpc) is 2.96. The van der Waals surface area contributed by atoms with Gasteiger partial charge in [-0.2, -0.15) is 0 Å². The third kappa shape index (κ3) is 3.08. The zero-order chi connectivity index (χ0) is 19.7. The Hall–Kier alpha value is -3.38. The molecule has 0 fully saturated rings. The minimum absolute atomic E-state index is 0.285. The fourth-order valence-corrected chi connectivity index (χ4v) is 3.36. The first-order chi connectivity index (χ1) is 13.6. The number of nitrogens with two attached hydrogens (primary N) is 1. The van der Waals surface area contributed by atoms with E-state index in [1.807, 2.05) is 42.5 Å². The Morgan fingerprint density at radius 3 is 2.54 bits per heavy atom. The molecule has 0 radical (unpaired) electrons. The Morgan fingerprint density at radius 1 is 1.14 bits per heavy atom. The third-order valence-electron chi connectivity index (χ3n) is 4.53. The van der Waals surface area contributed by atoms with Crippen molar-refractivity contribution in [3.8, 4) is 0 Å². The van der Waals surface area contributed by atoms with Crippen LogP contribution in [0.4, 0.5) is 5.82 Å². The van der Waals surface area contributed by atoms with Crippen LogP contribution in [0, 0.1) is 0 Å². The molecule has 0 bridgehead atoms. The number of nitrogens with one attached hydrogen (secondary N) is 1. The van der Waals surface area contributed by atoms with Crippen LogP contribution in [0.25, 0.3) is 22.2 Å². The number of aromatic nitrogens is 3. The van der Waals surface area contributed by atoms with Gasteiger partial charge < -0.3 is 15.6 Å². The summed E-state index contributed by atoms with van der Waals surface area (Å²) >= 11 is 6.18. The van der Waals surface area contributed by atoms with Crippen LogP contribution < -0.4 is 11.1 Å². The van der Waals surface area contributed by atoms with Gasteiger partial charge in [0.25, 0.3) is 5.91 Å². The second-order valence-electron chi connectivity index (χ2n) is 6.32. The molecule has 0 spiro atoms. The number of nitrogens with zero attached hydrogens (tertiary/aromatic N) is 3. The molecule has 140 valence electrons. The lowest BCUT2D eigenvalue weighted by Crippen LogP contribution is -2.24. The SMILES string of the molecule is C=CCn1c(N)c(C(=O)NCc2ccccc2Cl)c2nc3ccccc3nc21. The molecule has 4 aromatic rings. The lowest BCUT2D eigenvalue weighted by atomic mass is 10.2. The van der Waals surface area contributed by atoms with Crippen LogP contribution in [0.1, 0.15) is 15.9 Å². The second-order valence-corrected chi connectivity index (χ2v) is 6.73. The minimum Gasteiger partial charge on any atom is -0.384 e. The van der Waals surface area contributed by atoms with Crippen molar-refractivity contribution in [2.24, 2.45) is 0 Å². The van der Waals surface area contributed by atoms with Gasteiger partial charge >= 0.3 is 0 Å². The van der Waals surface area contributed by atoms with Gasteiger partial charge in [-0.3, -0.25) is 4.79 Å². The van der Waals surface area contributed by atoms with E-state index in [9.17, 15) is 4.79 Å². The number of hydrogen-bond acceptors (Lipinski definition) is 4. The first-order valence-corrected chi connectivity index (χ1v) is 9.15. The van der Waals surface area contributed by atoms with E-state index >= 15 is 0 Å². The first kappa shape index (κ1) is 18.0. The lowest BCUT2D eigenvalue weighted by molar-refractivity contribution is 0.0953. The van der Waals surface area contributed by atoms with Gasteiger partial charge in [0.1, 0.15) is 16.9 Å². The Balaban J connectivity index is 1.79. The first-order valence-electron chi connectivity index (χ1n) is 8.77. The van der Waals surface area contributed by atoms with Gasteiger partial charge in [0, 0.05) is 18.1 Å². The summed E-state index contributed by atoms with van der Waals surface area (Å²) in [5.74, 6) is -0.0170. The van der Waals surface area contributed by atoms with E-state index in [2.05, 4.69) is 21.9 Å². The summed E-state index contributed by atoms with van der Waals surface area (Å²) in [4.78, 5) is 22.3. The van der Waals surface area contributed by atoms with E-state index in [1.165, 1.54) is 0 Å². The molecule has 2 aromatic heterocycles. The molecule has 7 heteroatoms. The van der Waals surface area contributed by atoms with Gasteiger partial charge in [0.05, 0.1) is 11.0 Å². The number of benzene rings is 2. The van der Waals surface area contributed by atoms with Gasteiger partial charge in [-0.25, -0.2) is 9.97 Å². The van der Waals surface area contributed by atoms with E-state index in [0.29, 0.717) is 39.6 Å². The number of carbonyl (C=O) groups is 1. The number of hydrogen-bond donors (Lipinski definition) is 2. The number of nitrogen functional groups attached to an aromatic ring is 1. The maximum Gasteiger partial charge on any atom is 0.257 e. The standard InChI is InChI=1S/C21H18ClN5O/c1-2-11-27-19(23)17(21(28)24-12-13-7-3-4-8-14(13)22)18-20(27)26-16-10-6-5-9-15(16)25-18/h2-10H,1,11-12,23H2,(H,24,28). The smallest absolute Gasteiger partial charge is 0.257 e. The zero-order valence-corrected chi connectivity index (χ0v) is 15.8. The Morgan fingerprint density at radius 2 is 1.82 bits per heavy atom. The summed E-state index contributed by atoms with van der Waals surface area (Å²) in [5, 5.41) is 3.48. The van der Waals surface area contributed by atoms with E-state index in [0.717, 1.165) is 11.1 Å². The molecule has 6 nitrogen and oxygen atoms in total. The van der Waals surface area contributed by atoms with Crippen LogP contribution in [0.3, 0.4) is 0 Å². The molecule has 0 saturated heterocycles. The van der Waals surface area contributed by atoms with Crippen molar-refractivity contribution in [1.29, 1.82) is 0 Å². The maximum atomic E-state index is 13.0. The molecule has 0 atom stereocenters. The highest BCUT2D eigenvalue weighted by atomic mass is 35.5. The van der Waals surface area contributed by atoms with Crippen LogP contribution in [-0.2, 0) is 13.1 Å². The van der Waals surface area contributed by atoms with Gasteiger partial charge in [-0.1, -0.05) is 48.0 Å². The molecular formula is C21H18ClN5O. The molecule has 0 aliphatic heterocycles. The van der Waals surface area contributed by atoms with E-state index in [1.54, 1.807) is 16.7 Å². The quantitative estimate of drug-likeness (QED) is 0.504.